The van der Waals surface area contributed by atoms with Crippen LogP contribution in [0.5, 0.6) is 0 Å². The van der Waals surface area contributed by atoms with Gasteiger partial charge in [0.1, 0.15) is 12.6 Å². The van der Waals surface area contributed by atoms with E-state index < -0.39 is 28.5 Å². The Balaban J connectivity index is 2.12. The van der Waals surface area contributed by atoms with Crippen LogP contribution in [0.15, 0.2) is 65.6 Å². The predicted molar refractivity (Wildman–Crippen MR) is 171 cm³/mol. The second kappa shape index (κ2) is 14.8. The number of rotatable bonds is 12. The Kier molecular flexibility index (Phi) is 12.0. The van der Waals surface area contributed by atoms with E-state index in [2.05, 4.69) is 5.32 Å². The third-order valence-electron chi connectivity index (χ3n) is 6.77. The molecule has 0 bridgehead atoms. The van der Waals surface area contributed by atoms with Crippen LogP contribution in [0, 0.1) is 6.92 Å². The molecule has 0 fully saturated rings. The number of carbonyl (C=O) groups excluding carboxylic acids is 2. The van der Waals surface area contributed by atoms with Gasteiger partial charge in [0.15, 0.2) is 0 Å². The largest absolute Gasteiger partial charge is 0.352 e. The fourth-order valence-electron chi connectivity index (χ4n) is 4.24. The molecule has 3 aromatic rings. The molecular formula is C30H33Cl4N3O4S. The molecule has 3 aromatic carbocycles. The highest BCUT2D eigenvalue weighted by atomic mass is 35.5. The summed E-state index contributed by atoms with van der Waals surface area (Å²) in [5, 5.41) is 4.04. The van der Waals surface area contributed by atoms with Crippen LogP contribution in [0.4, 0.5) is 5.69 Å². The fraction of sp³-hybridized carbons (Fsp3) is 0.333. The van der Waals surface area contributed by atoms with Gasteiger partial charge in [-0.25, -0.2) is 8.42 Å². The zero-order valence-electron chi connectivity index (χ0n) is 23.7. The van der Waals surface area contributed by atoms with Gasteiger partial charge in [-0.2, -0.15) is 0 Å². The van der Waals surface area contributed by atoms with Gasteiger partial charge in [-0.05, 0) is 74.7 Å². The van der Waals surface area contributed by atoms with E-state index in [9.17, 15) is 18.0 Å². The molecule has 12 heteroatoms. The molecule has 226 valence electrons. The second-order valence-corrected chi connectivity index (χ2v) is 13.5. The predicted octanol–water partition coefficient (Wildman–Crippen LogP) is 7.53. The Morgan fingerprint density at radius 3 is 2.02 bits per heavy atom. The van der Waals surface area contributed by atoms with Gasteiger partial charge in [0.2, 0.25) is 11.8 Å². The van der Waals surface area contributed by atoms with Crippen LogP contribution >= 0.6 is 46.4 Å². The molecule has 1 N–H and O–H groups in total. The molecule has 0 radical (unpaired) electrons. The number of aryl methyl sites for hydroxylation is 1. The van der Waals surface area contributed by atoms with Crippen LogP contribution in [0.25, 0.3) is 0 Å². The average Bonchev–Trinajstić information content (AvgIpc) is 2.92. The van der Waals surface area contributed by atoms with E-state index in [1.807, 2.05) is 20.8 Å². The third kappa shape index (κ3) is 8.54. The average molecular weight is 673 g/mol. The van der Waals surface area contributed by atoms with Crippen molar-refractivity contribution in [1.29, 1.82) is 0 Å². The first-order valence-corrected chi connectivity index (χ1v) is 16.3. The van der Waals surface area contributed by atoms with Crippen LogP contribution in [-0.4, -0.2) is 43.8 Å². The van der Waals surface area contributed by atoms with Crippen LogP contribution in [-0.2, 0) is 26.2 Å². The van der Waals surface area contributed by atoms with Crippen molar-refractivity contribution < 1.29 is 18.0 Å². The second-order valence-electron chi connectivity index (χ2n) is 9.95. The van der Waals surface area contributed by atoms with Gasteiger partial charge in [-0.15, -0.1) is 0 Å². The van der Waals surface area contributed by atoms with Crippen molar-refractivity contribution in [3.8, 4) is 0 Å². The van der Waals surface area contributed by atoms with E-state index in [1.165, 1.54) is 35.2 Å². The molecule has 0 unspecified atom stereocenters. The number of halogens is 4. The minimum absolute atomic E-state index is 0.0224. The zero-order valence-corrected chi connectivity index (χ0v) is 27.5. The Morgan fingerprint density at radius 1 is 0.857 bits per heavy atom. The standard InChI is InChI=1S/C30H33Cl4N3O4S/c1-5-20(4)35-30(39)28(6-2)36(17-21-9-10-22(31)16-27(21)34)29(38)18-37(25-14-23(32)13-24(33)15-25)42(40,41)26-11-7-19(3)8-12-26/h7-16,20,28H,5-6,17-18H2,1-4H3,(H,35,39)/t20-,28+/m0/s1. The van der Waals surface area contributed by atoms with Crippen molar-refractivity contribution in [3.05, 3.63) is 91.9 Å². The summed E-state index contributed by atoms with van der Waals surface area (Å²) in [4.78, 5) is 28.9. The number of benzene rings is 3. The summed E-state index contributed by atoms with van der Waals surface area (Å²) in [5.74, 6) is -0.983. The van der Waals surface area contributed by atoms with E-state index in [4.69, 9.17) is 46.4 Å². The molecule has 0 saturated carbocycles. The number of carbonyl (C=O) groups is 2. The van der Waals surface area contributed by atoms with Crippen molar-refractivity contribution in [1.82, 2.24) is 10.2 Å². The van der Waals surface area contributed by atoms with Gasteiger partial charge in [0.25, 0.3) is 10.0 Å². The highest BCUT2D eigenvalue weighted by molar-refractivity contribution is 7.92. The molecular weight excluding hydrogens is 640 g/mol. The number of hydrogen-bond acceptors (Lipinski definition) is 4. The van der Waals surface area contributed by atoms with E-state index >= 15 is 0 Å². The normalized spacial score (nSPS) is 12.9. The van der Waals surface area contributed by atoms with Crippen molar-refractivity contribution in [2.45, 2.75) is 64.1 Å². The summed E-state index contributed by atoms with van der Waals surface area (Å²) >= 11 is 25.0. The first-order valence-electron chi connectivity index (χ1n) is 13.4. The first-order chi connectivity index (χ1) is 19.8. The van der Waals surface area contributed by atoms with Gasteiger partial charge < -0.3 is 10.2 Å². The fourth-order valence-corrected chi connectivity index (χ4v) is 6.62. The Hall–Kier alpha value is -2.49. The molecule has 2 amide bonds. The molecule has 3 rings (SSSR count). The van der Waals surface area contributed by atoms with E-state index in [-0.39, 0.29) is 45.5 Å². The number of nitrogens with zero attached hydrogens (tertiary/aromatic N) is 2. The number of anilines is 1. The van der Waals surface area contributed by atoms with Crippen molar-refractivity contribution in [2.24, 2.45) is 0 Å². The summed E-state index contributed by atoms with van der Waals surface area (Å²) in [5.41, 5.74) is 1.51. The first kappa shape index (κ1) is 34.0. The minimum atomic E-state index is -4.27. The topological polar surface area (TPSA) is 86.8 Å². The molecule has 0 aliphatic heterocycles. The van der Waals surface area contributed by atoms with Crippen LogP contribution in [0.3, 0.4) is 0 Å². The number of amides is 2. The van der Waals surface area contributed by atoms with E-state index in [0.717, 1.165) is 9.87 Å². The smallest absolute Gasteiger partial charge is 0.264 e. The van der Waals surface area contributed by atoms with Gasteiger partial charge in [0, 0.05) is 32.7 Å². The monoisotopic (exact) mass is 671 g/mol. The van der Waals surface area contributed by atoms with Gasteiger partial charge >= 0.3 is 0 Å². The lowest BCUT2D eigenvalue weighted by Crippen LogP contribution is -2.53. The Labute approximate surface area is 267 Å². The van der Waals surface area contributed by atoms with Gasteiger partial charge in [-0.1, -0.05) is 84.0 Å². The summed E-state index contributed by atoms with van der Waals surface area (Å²) in [7, 11) is -4.27. The van der Waals surface area contributed by atoms with Crippen molar-refractivity contribution in [3.63, 3.8) is 0 Å². The summed E-state index contributed by atoms with van der Waals surface area (Å²) in [6.45, 7) is 6.73. The lowest BCUT2D eigenvalue weighted by molar-refractivity contribution is -0.140. The minimum Gasteiger partial charge on any atom is -0.352 e. The maximum Gasteiger partial charge on any atom is 0.264 e. The van der Waals surface area contributed by atoms with Gasteiger partial charge in [0.05, 0.1) is 10.6 Å². The molecule has 0 aromatic heterocycles. The molecule has 7 nitrogen and oxygen atoms in total. The maximum atomic E-state index is 14.2. The lowest BCUT2D eigenvalue weighted by atomic mass is 10.1. The molecule has 0 aliphatic rings. The lowest BCUT2D eigenvalue weighted by Gasteiger charge is -2.34. The molecule has 0 spiro atoms. The number of sulfonamides is 1. The SMILES string of the molecule is CC[C@H](C(=O)N[C@@H](C)CC)N(Cc1ccc(Cl)cc1Cl)C(=O)CN(c1cc(Cl)cc(Cl)c1)S(=O)(=O)c1ccc(C)cc1. The summed E-state index contributed by atoms with van der Waals surface area (Å²) in [6.07, 6.45) is 0.962. The summed E-state index contributed by atoms with van der Waals surface area (Å²) in [6, 6.07) is 14.4. The van der Waals surface area contributed by atoms with Crippen molar-refractivity contribution in [2.75, 3.05) is 10.8 Å². The molecule has 0 heterocycles. The molecule has 0 aliphatic carbocycles. The highest BCUT2D eigenvalue weighted by Gasteiger charge is 2.34. The summed E-state index contributed by atoms with van der Waals surface area (Å²) < 4.78 is 28.9. The maximum absolute atomic E-state index is 14.2. The van der Waals surface area contributed by atoms with E-state index in [0.29, 0.717) is 22.0 Å². The quantitative estimate of drug-likeness (QED) is 0.216. The highest BCUT2D eigenvalue weighted by Crippen LogP contribution is 2.31. The Morgan fingerprint density at radius 2 is 1.48 bits per heavy atom. The third-order valence-corrected chi connectivity index (χ3v) is 9.58. The molecule has 2 atom stereocenters. The van der Waals surface area contributed by atoms with Gasteiger partial charge in [-0.3, -0.25) is 13.9 Å². The molecule has 0 saturated heterocycles. The van der Waals surface area contributed by atoms with Crippen LogP contribution in [0.1, 0.15) is 44.7 Å². The van der Waals surface area contributed by atoms with Crippen LogP contribution in [0.2, 0.25) is 20.1 Å². The van der Waals surface area contributed by atoms with E-state index in [1.54, 1.807) is 37.3 Å². The zero-order chi connectivity index (χ0) is 31.2. The van der Waals surface area contributed by atoms with Crippen molar-refractivity contribution >= 4 is 73.9 Å². The van der Waals surface area contributed by atoms with Crippen LogP contribution < -0.4 is 9.62 Å². The molecule has 42 heavy (non-hydrogen) atoms. The Bertz CT molecular complexity index is 1510. The number of nitrogens with one attached hydrogen (secondary N) is 1. The number of hydrogen-bond donors (Lipinski definition) is 1.